The molecule has 1 aliphatic rings. The normalized spacial score (nSPS) is 13.5. The number of ether oxygens (including phenoxy) is 1. The van der Waals surface area contributed by atoms with E-state index in [0.29, 0.717) is 0 Å². The van der Waals surface area contributed by atoms with Gasteiger partial charge in [-0.05, 0) is 41.5 Å². The molecule has 0 saturated carbocycles. The van der Waals surface area contributed by atoms with Crippen molar-refractivity contribution in [3.8, 4) is 11.5 Å². The summed E-state index contributed by atoms with van der Waals surface area (Å²) in [5, 5.41) is 4.82. The first kappa shape index (κ1) is 16.2. The van der Waals surface area contributed by atoms with Gasteiger partial charge in [0.05, 0.1) is 0 Å². The van der Waals surface area contributed by atoms with Crippen LogP contribution in [-0.2, 0) is 19.5 Å². The quantitative estimate of drug-likeness (QED) is 0.550. The number of nitrogens with zero attached hydrogens (tertiary/aromatic N) is 1. The van der Waals surface area contributed by atoms with Gasteiger partial charge in [-0.25, -0.2) is 0 Å². The second-order valence-electron chi connectivity index (χ2n) is 7.02. The first-order valence-corrected chi connectivity index (χ1v) is 9.50. The van der Waals surface area contributed by atoms with Crippen molar-refractivity contribution in [1.29, 1.82) is 0 Å². The SMILES string of the molecule is c1ccc(Cn2c3c(c4cc(Oc5ccccc5)ccc42)CNCC3)cc1. The Balaban J connectivity index is 1.58. The fourth-order valence-corrected chi connectivity index (χ4v) is 3.99. The fourth-order valence-electron chi connectivity index (χ4n) is 3.99. The van der Waals surface area contributed by atoms with E-state index >= 15 is 0 Å². The topological polar surface area (TPSA) is 26.2 Å². The average molecular weight is 354 g/mol. The minimum Gasteiger partial charge on any atom is -0.457 e. The van der Waals surface area contributed by atoms with Gasteiger partial charge < -0.3 is 14.6 Å². The van der Waals surface area contributed by atoms with Gasteiger partial charge in [-0.2, -0.15) is 0 Å². The molecule has 3 nitrogen and oxygen atoms in total. The van der Waals surface area contributed by atoms with Crippen molar-refractivity contribution in [3.05, 3.63) is 95.7 Å². The van der Waals surface area contributed by atoms with Crippen LogP contribution in [0.4, 0.5) is 0 Å². The van der Waals surface area contributed by atoms with E-state index in [4.69, 9.17) is 4.74 Å². The highest BCUT2D eigenvalue weighted by Crippen LogP contribution is 2.33. The van der Waals surface area contributed by atoms with Crippen molar-refractivity contribution in [2.45, 2.75) is 19.5 Å². The van der Waals surface area contributed by atoms with Crippen LogP contribution in [0.1, 0.15) is 16.8 Å². The zero-order chi connectivity index (χ0) is 18.1. The molecule has 0 amide bonds. The maximum atomic E-state index is 6.08. The summed E-state index contributed by atoms with van der Waals surface area (Å²) in [5.41, 5.74) is 5.48. The zero-order valence-corrected chi connectivity index (χ0v) is 15.2. The van der Waals surface area contributed by atoms with Gasteiger partial charge in [-0.15, -0.1) is 0 Å². The lowest BCUT2D eigenvalue weighted by Gasteiger charge is -2.17. The van der Waals surface area contributed by atoms with Gasteiger partial charge >= 0.3 is 0 Å². The highest BCUT2D eigenvalue weighted by Gasteiger charge is 2.20. The molecule has 2 heterocycles. The maximum absolute atomic E-state index is 6.08. The fraction of sp³-hybridized carbons (Fsp3) is 0.167. The Morgan fingerprint density at radius 2 is 1.63 bits per heavy atom. The van der Waals surface area contributed by atoms with E-state index in [9.17, 15) is 0 Å². The maximum Gasteiger partial charge on any atom is 0.128 e. The van der Waals surface area contributed by atoms with Gasteiger partial charge in [0, 0.05) is 42.7 Å². The number of aromatic nitrogens is 1. The summed E-state index contributed by atoms with van der Waals surface area (Å²) >= 11 is 0. The van der Waals surface area contributed by atoms with Crippen molar-refractivity contribution in [3.63, 3.8) is 0 Å². The van der Waals surface area contributed by atoms with Crippen LogP contribution >= 0.6 is 0 Å². The molecule has 4 aromatic rings. The van der Waals surface area contributed by atoms with Crippen LogP contribution in [0.5, 0.6) is 11.5 Å². The van der Waals surface area contributed by atoms with Crippen molar-refractivity contribution >= 4 is 10.9 Å². The molecule has 0 saturated heterocycles. The third kappa shape index (κ3) is 3.11. The van der Waals surface area contributed by atoms with Gasteiger partial charge in [0.15, 0.2) is 0 Å². The number of nitrogens with one attached hydrogen (secondary N) is 1. The van der Waals surface area contributed by atoms with Gasteiger partial charge in [0.2, 0.25) is 0 Å². The first-order chi connectivity index (χ1) is 13.4. The zero-order valence-electron chi connectivity index (χ0n) is 15.2. The largest absolute Gasteiger partial charge is 0.457 e. The van der Waals surface area contributed by atoms with E-state index < -0.39 is 0 Å². The molecule has 0 atom stereocenters. The Kier molecular flexibility index (Phi) is 4.15. The van der Waals surface area contributed by atoms with Gasteiger partial charge in [0.25, 0.3) is 0 Å². The summed E-state index contributed by atoms with van der Waals surface area (Å²) in [6, 6.07) is 27.1. The summed E-state index contributed by atoms with van der Waals surface area (Å²) in [6.07, 6.45) is 1.06. The van der Waals surface area contributed by atoms with E-state index in [2.05, 4.69) is 58.4 Å². The lowest BCUT2D eigenvalue weighted by Crippen LogP contribution is -2.24. The molecule has 0 aliphatic carbocycles. The van der Waals surface area contributed by atoms with Gasteiger partial charge in [-0.1, -0.05) is 48.5 Å². The van der Waals surface area contributed by atoms with Crippen LogP contribution in [0, 0.1) is 0 Å². The third-order valence-electron chi connectivity index (χ3n) is 5.26. The summed E-state index contributed by atoms with van der Waals surface area (Å²) in [6.45, 7) is 2.86. The Morgan fingerprint density at radius 1 is 0.852 bits per heavy atom. The van der Waals surface area contributed by atoms with Crippen LogP contribution in [0.15, 0.2) is 78.9 Å². The Labute approximate surface area is 159 Å². The second-order valence-corrected chi connectivity index (χ2v) is 7.02. The summed E-state index contributed by atoms with van der Waals surface area (Å²) < 4.78 is 8.55. The van der Waals surface area contributed by atoms with Crippen LogP contribution < -0.4 is 10.1 Å². The molecule has 0 bridgehead atoms. The second kappa shape index (κ2) is 6.93. The third-order valence-corrected chi connectivity index (χ3v) is 5.26. The van der Waals surface area contributed by atoms with Gasteiger partial charge in [-0.3, -0.25) is 0 Å². The van der Waals surface area contributed by atoms with E-state index in [1.54, 1.807) is 0 Å². The lowest BCUT2D eigenvalue weighted by molar-refractivity contribution is 0.483. The van der Waals surface area contributed by atoms with Crippen molar-refractivity contribution in [1.82, 2.24) is 9.88 Å². The molecule has 1 aromatic heterocycles. The lowest BCUT2D eigenvalue weighted by atomic mass is 10.1. The van der Waals surface area contributed by atoms with E-state index in [1.165, 1.54) is 27.7 Å². The molecular weight excluding hydrogens is 332 g/mol. The molecular formula is C24H22N2O. The minimum atomic E-state index is 0.868. The highest BCUT2D eigenvalue weighted by atomic mass is 16.5. The predicted molar refractivity (Wildman–Crippen MR) is 109 cm³/mol. The van der Waals surface area contributed by atoms with Crippen LogP contribution in [0.2, 0.25) is 0 Å². The molecule has 5 rings (SSSR count). The Morgan fingerprint density at radius 3 is 2.44 bits per heavy atom. The van der Waals surface area contributed by atoms with E-state index in [0.717, 1.165) is 37.6 Å². The summed E-state index contributed by atoms with van der Waals surface area (Å²) in [5.74, 6) is 1.76. The molecule has 27 heavy (non-hydrogen) atoms. The number of hydrogen-bond donors (Lipinski definition) is 1. The molecule has 0 spiro atoms. The molecule has 3 aromatic carbocycles. The first-order valence-electron chi connectivity index (χ1n) is 9.50. The molecule has 134 valence electrons. The molecule has 0 radical (unpaired) electrons. The Hall–Kier alpha value is -3.04. The van der Waals surface area contributed by atoms with Crippen LogP contribution in [0.25, 0.3) is 10.9 Å². The summed E-state index contributed by atoms with van der Waals surface area (Å²) in [4.78, 5) is 0. The molecule has 0 fully saturated rings. The van der Waals surface area contributed by atoms with Crippen LogP contribution in [-0.4, -0.2) is 11.1 Å². The monoisotopic (exact) mass is 354 g/mol. The number of hydrogen-bond acceptors (Lipinski definition) is 2. The van der Waals surface area contributed by atoms with E-state index in [-0.39, 0.29) is 0 Å². The molecule has 3 heteroatoms. The summed E-state index contributed by atoms with van der Waals surface area (Å²) in [7, 11) is 0. The van der Waals surface area contributed by atoms with Crippen molar-refractivity contribution in [2.75, 3.05) is 6.54 Å². The average Bonchev–Trinajstić information content (AvgIpc) is 3.03. The van der Waals surface area contributed by atoms with E-state index in [1.807, 2.05) is 30.3 Å². The highest BCUT2D eigenvalue weighted by molar-refractivity contribution is 5.87. The number of rotatable bonds is 4. The smallest absolute Gasteiger partial charge is 0.128 e. The van der Waals surface area contributed by atoms with Crippen LogP contribution in [0.3, 0.4) is 0 Å². The van der Waals surface area contributed by atoms with Crippen molar-refractivity contribution in [2.24, 2.45) is 0 Å². The van der Waals surface area contributed by atoms with Gasteiger partial charge in [0.1, 0.15) is 11.5 Å². The minimum absolute atomic E-state index is 0.868. The van der Waals surface area contributed by atoms with Crippen molar-refractivity contribution < 1.29 is 4.74 Å². The molecule has 0 unspecified atom stereocenters. The predicted octanol–water partition coefficient (Wildman–Crippen LogP) is 5.13. The number of benzene rings is 3. The number of fused-ring (bicyclic) bond motifs is 3. The Bertz CT molecular complexity index is 1070. The number of para-hydroxylation sites is 1. The molecule has 1 N–H and O–H groups in total. The standard InChI is InChI=1S/C24H22N2O/c1-3-7-18(8-4-1)17-26-23-12-11-20(27-19-9-5-2-6-10-19)15-21(23)22-16-25-14-13-24(22)26/h1-12,15,25H,13-14,16-17H2. The molecule has 1 aliphatic heterocycles.